The molecular formula is C15H35N3O4. The molecule has 1 atom stereocenters. The molecule has 7 heteroatoms. The van der Waals surface area contributed by atoms with Crippen LogP contribution in [0, 0.1) is 0 Å². The van der Waals surface area contributed by atoms with Crippen LogP contribution in [0.15, 0.2) is 0 Å². The molecule has 134 valence electrons. The first-order valence-electron chi connectivity index (χ1n) is 7.89. The van der Waals surface area contributed by atoms with Gasteiger partial charge in [-0.25, -0.2) is 0 Å². The molecule has 0 aromatic heterocycles. The lowest BCUT2D eigenvalue weighted by molar-refractivity contribution is -0.122. The van der Waals surface area contributed by atoms with E-state index in [1.807, 2.05) is 27.8 Å². The number of morpholine rings is 1. The fourth-order valence-electron chi connectivity index (χ4n) is 1.50. The van der Waals surface area contributed by atoms with Gasteiger partial charge in [-0.15, -0.1) is 0 Å². The van der Waals surface area contributed by atoms with E-state index >= 15 is 0 Å². The molecule has 1 heterocycles. The summed E-state index contributed by atoms with van der Waals surface area (Å²) in [6.07, 6.45) is 2.58. The number of carboxylic acid groups (broad SMARTS) is 1. The van der Waals surface area contributed by atoms with Crippen molar-refractivity contribution < 1.29 is 19.4 Å². The molecule has 1 fully saturated rings. The first-order chi connectivity index (χ1) is 10.7. The Labute approximate surface area is 135 Å². The van der Waals surface area contributed by atoms with Gasteiger partial charge in [0.15, 0.2) is 0 Å². The van der Waals surface area contributed by atoms with E-state index in [-0.39, 0.29) is 12.5 Å². The van der Waals surface area contributed by atoms with Gasteiger partial charge < -0.3 is 25.7 Å². The molecule has 7 nitrogen and oxygen atoms in total. The maximum absolute atomic E-state index is 9.77. The van der Waals surface area contributed by atoms with Gasteiger partial charge in [-0.05, 0) is 13.5 Å². The summed E-state index contributed by atoms with van der Waals surface area (Å²) in [5.41, 5.74) is 5.22. The van der Waals surface area contributed by atoms with Crippen LogP contribution in [-0.4, -0.2) is 75.2 Å². The number of likely N-dealkylation sites (N-methyl/N-ethyl adjacent to an activating group) is 1. The zero-order valence-corrected chi connectivity index (χ0v) is 14.6. The summed E-state index contributed by atoms with van der Waals surface area (Å²) in [4.78, 5) is 20.5. The van der Waals surface area contributed by atoms with Gasteiger partial charge in [0.1, 0.15) is 6.29 Å². The van der Waals surface area contributed by atoms with Crippen LogP contribution >= 0.6 is 0 Å². The maximum Gasteiger partial charge on any atom is 0.290 e. The highest BCUT2D eigenvalue weighted by molar-refractivity contribution is 5.56. The Hall–Kier alpha value is -1.02. The van der Waals surface area contributed by atoms with Crippen molar-refractivity contribution in [3.05, 3.63) is 0 Å². The molecule has 0 aromatic rings. The van der Waals surface area contributed by atoms with Crippen molar-refractivity contribution in [3.8, 4) is 0 Å². The first-order valence-corrected chi connectivity index (χ1v) is 7.89. The topological polar surface area (TPSA) is 105 Å². The maximum atomic E-state index is 9.77. The standard InChI is InChI=1S/C7H16N2O.C5H11NO.C2H6.CH2O2/c1-8-2-3-9-4-6-10-7-5-9;1-2-3-5(6)4-7;1-2;2-1-3/h8H,2-7H2,1H3;4-5H,2-3,6H2,1H3;1-2H3;1H,(H,2,3). The summed E-state index contributed by atoms with van der Waals surface area (Å²) < 4.78 is 5.22. The SMILES string of the molecule is CC.CCCC(N)C=O.CNCCN1CCOCC1.O=CO. The fourth-order valence-corrected chi connectivity index (χ4v) is 1.50. The number of aldehydes is 1. The van der Waals surface area contributed by atoms with Gasteiger partial charge in [-0.2, -0.15) is 0 Å². The Balaban J connectivity index is -0.000000264. The number of nitrogens with zero attached hydrogens (tertiary/aromatic N) is 1. The van der Waals surface area contributed by atoms with Crippen molar-refractivity contribution >= 4 is 12.8 Å². The minimum atomic E-state index is -0.250. The zero-order valence-electron chi connectivity index (χ0n) is 14.6. The second kappa shape index (κ2) is 25.0. The van der Waals surface area contributed by atoms with Crippen LogP contribution in [0.1, 0.15) is 33.6 Å². The molecular weight excluding hydrogens is 286 g/mol. The summed E-state index contributed by atoms with van der Waals surface area (Å²) in [5, 5.41) is 10.0. The van der Waals surface area contributed by atoms with Gasteiger partial charge in [0.2, 0.25) is 0 Å². The van der Waals surface area contributed by atoms with Gasteiger partial charge in [0.25, 0.3) is 6.47 Å². The third kappa shape index (κ3) is 24.0. The van der Waals surface area contributed by atoms with E-state index in [0.717, 1.165) is 58.5 Å². The molecule has 0 spiro atoms. The molecule has 22 heavy (non-hydrogen) atoms. The van der Waals surface area contributed by atoms with Crippen molar-refractivity contribution in [2.45, 2.75) is 39.7 Å². The molecule has 0 radical (unpaired) electrons. The molecule has 1 saturated heterocycles. The van der Waals surface area contributed by atoms with Crippen LogP contribution in [0.25, 0.3) is 0 Å². The van der Waals surface area contributed by atoms with Gasteiger partial charge in [-0.3, -0.25) is 9.69 Å². The molecule has 0 aromatic carbocycles. The van der Waals surface area contributed by atoms with Crippen LogP contribution in [0.3, 0.4) is 0 Å². The predicted molar refractivity (Wildman–Crippen MR) is 90.2 cm³/mol. The average molecular weight is 321 g/mol. The van der Waals surface area contributed by atoms with Crippen LogP contribution < -0.4 is 11.1 Å². The Morgan fingerprint density at radius 1 is 1.32 bits per heavy atom. The second-order valence-electron chi connectivity index (χ2n) is 4.25. The number of rotatable bonds is 6. The van der Waals surface area contributed by atoms with E-state index in [1.54, 1.807) is 0 Å². The summed E-state index contributed by atoms with van der Waals surface area (Å²) in [6, 6.07) is -0.231. The predicted octanol–water partition coefficient (Wildman–Crippen LogP) is 0.578. The number of nitrogens with one attached hydrogen (secondary N) is 1. The Morgan fingerprint density at radius 3 is 2.14 bits per heavy atom. The van der Waals surface area contributed by atoms with E-state index in [0.29, 0.717) is 0 Å². The molecule has 0 aliphatic carbocycles. The molecule has 1 aliphatic heterocycles. The van der Waals surface area contributed by atoms with Crippen LogP contribution in [0.4, 0.5) is 0 Å². The van der Waals surface area contributed by atoms with E-state index in [4.69, 9.17) is 20.4 Å². The van der Waals surface area contributed by atoms with E-state index < -0.39 is 0 Å². The Morgan fingerprint density at radius 2 is 1.82 bits per heavy atom. The number of carbonyl (C=O) groups excluding carboxylic acids is 1. The smallest absolute Gasteiger partial charge is 0.290 e. The quantitative estimate of drug-likeness (QED) is 0.614. The van der Waals surface area contributed by atoms with E-state index in [9.17, 15) is 4.79 Å². The van der Waals surface area contributed by atoms with Crippen molar-refractivity contribution in [2.24, 2.45) is 5.73 Å². The fraction of sp³-hybridized carbons (Fsp3) is 0.867. The normalized spacial score (nSPS) is 14.8. The average Bonchev–Trinajstić information content (AvgIpc) is 2.57. The first kappa shape index (κ1) is 25.9. The number of ether oxygens (including phenoxy) is 1. The monoisotopic (exact) mass is 321 g/mol. The molecule has 1 rings (SSSR count). The van der Waals surface area contributed by atoms with E-state index in [1.165, 1.54) is 0 Å². The summed E-state index contributed by atoms with van der Waals surface area (Å²) in [5.74, 6) is 0. The van der Waals surface area contributed by atoms with Crippen molar-refractivity contribution in [1.82, 2.24) is 10.2 Å². The third-order valence-corrected chi connectivity index (χ3v) is 2.58. The largest absolute Gasteiger partial charge is 0.483 e. The lowest BCUT2D eigenvalue weighted by Crippen LogP contribution is -2.39. The lowest BCUT2D eigenvalue weighted by Gasteiger charge is -2.26. The Kier molecular flexibility index (Phi) is 29.4. The van der Waals surface area contributed by atoms with Gasteiger partial charge >= 0.3 is 0 Å². The third-order valence-electron chi connectivity index (χ3n) is 2.58. The van der Waals surface area contributed by atoms with Gasteiger partial charge in [0, 0.05) is 26.2 Å². The Bertz CT molecular complexity index is 213. The molecule has 0 amide bonds. The van der Waals surface area contributed by atoms with Gasteiger partial charge in [0.05, 0.1) is 19.3 Å². The highest BCUT2D eigenvalue weighted by atomic mass is 16.5. The highest BCUT2D eigenvalue weighted by Gasteiger charge is 2.07. The van der Waals surface area contributed by atoms with Crippen LogP contribution in [0.2, 0.25) is 0 Å². The van der Waals surface area contributed by atoms with Crippen LogP contribution in [-0.2, 0) is 14.3 Å². The minimum Gasteiger partial charge on any atom is -0.483 e. The zero-order chi connectivity index (χ0) is 17.6. The molecule has 0 saturated carbocycles. The van der Waals surface area contributed by atoms with Gasteiger partial charge in [-0.1, -0.05) is 27.2 Å². The molecule has 1 unspecified atom stereocenters. The highest BCUT2D eigenvalue weighted by Crippen LogP contribution is 1.94. The minimum absolute atomic E-state index is 0.231. The summed E-state index contributed by atoms with van der Waals surface area (Å²) >= 11 is 0. The molecule has 0 bridgehead atoms. The molecule has 1 aliphatic rings. The van der Waals surface area contributed by atoms with Crippen molar-refractivity contribution in [2.75, 3.05) is 46.4 Å². The van der Waals surface area contributed by atoms with Crippen molar-refractivity contribution in [3.63, 3.8) is 0 Å². The summed E-state index contributed by atoms with van der Waals surface area (Å²) in [6.45, 7) is 12.0. The second-order valence-corrected chi connectivity index (χ2v) is 4.25. The van der Waals surface area contributed by atoms with Crippen LogP contribution in [0.5, 0.6) is 0 Å². The number of hydrogen-bond donors (Lipinski definition) is 3. The number of carbonyl (C=O) groups is 2. The number of nitrogens with two attached hydrogens (primary N) is 1. The van der Waals surface area contributed by atoms with Crippen molar-refractivity contribution in [1.29, 1.82) is 0 Å². The molecule has 4 N–H and O–H groups in total. The lowest BCUT2D eigenvalue weighted by atomic mass is 10.2. The van der Waals surface area contributed by atoms with E-state index in [2.05, 4.69) is 10.2 Å². The number of hydrogen-bond acceptors (Lipinski definition) is 6. The summed E-state index contributed by atoms with van der Waals surface area (Å²) in [7, 11) is 1.99.